The molecule has 0 saturated heterocycles. The Morgan fingerprint density at radius 1 is 1.12 bits per heavy atom. The molecule has 0 atom stereocenters. The lowest BCUT2D eigenvalue weighted by Gasteiger charge is -2.12. The van der Waals surface area contributed by atoms with Crippen molar-refractivity contribution in [2.45, 2.75) is 0 Å². The maximum Gasteiger partial charge on any atom is 0.181 e. The first-order valence-corrected chi connectivity index (χ1v) is 7.64. The van der Waals surface area contributed by atoms with Gasteiger partial charge in [-0.05, 0) is 23.8 Å². The number of methoxy groups -OCH3 is 1. The number of nitrogens with one attached hydrogen (secondary N) is 1. The Morgan fingerprint density at radius 2 is 1.96 bits per heavy atom. The summed E-state index contributed by atoms with van der Waals surface area (Å²) in [6.07, 6.45) is 3.15. The predicted molar refractivity (Wildman–Crippen MR) is 93.8 cm³/mol. The van der Waals surface area contributed by atoms with Gasteiger partial charge in [0.1, 0.15) is 23.4 Å². The van der Waals surface area contributed by atoms with Crippen molar-refractivity contribution in [3.63, 3.8) is 0 Å². The summed E-state index contributed by atoms with van der Waals surface area (Å²) in [5.74, 6) is 1.34. The third kappa shape index (κ3) is 2.58. The molecule has 2 aromatic heterocycles. The largest absolute Gasteiger partial charge is 0.495 e. The number of nitriles is 1. The van der Waals surface area contributed by atoms with E-state index in [9.17, 15) is 0 Å². The lowest BCUT2D eigenvalue weighted by Crippen LogP contribution is -1.93. The number of hydrogen-bond acceptors (Lipinski definition) is 5. The van der Waals surface area contributed by atoms with Gasteiger partial charge in [-0.25, -0.2) is 15.0 Å². The molecule has 0 fully saturated rings. The summed E-state index contributed by atoms with van der Waals surface area (Å²) >= 11 is 0. The minimum atomic E-state index is 0.601. The van der Waals surface area contributed by atoms with E-state index < -0.39 is 0 Å². The number of nitrogens with zero attached hydrogens (tertiary/aromatic N) is 4. The third-order valence-electron chi connectivity index (χ3n) is 3.94. The maximum absolute atomic E-state index is 9.14. The average molecular weight is 327 g/mol. The molecule has 2 aromatic carbocycles. The lowest BCUT2D eigenvalue weighted by molar-refractivity contribution is 0.418. The molecular weight excluding hydrogens is 314 g/mol. The number of imidazole rings is 1. The van der Waals surface area contributed by atoms with Gasteiger partial charge in [-0.3, -0.25) is 0 Å². The zero-order valence-electron chi connectivity index (χ0n) is 13.4. The van der Waals surface area contributed by atoms with Crippen molar-refractivity contribution >= 4 is 11.2 Å². The smallest absolute Gasteiger partial charge is 0.181 e. The van der Waals surface area contributed by atoms with Crippen LogP contribution < -0.4 is 4.74 Å². The average Bonchev–Trinajstić information content (AvgIpc) is 3.11. The number of para-hydroxylation sites is 1. The maximum atomic E-state index is 9.14. The Morgan fingerprint density at radius 3 is 2.76 bits per heavy atom. The van der Waals surface area contributed by atoms with Crippen LogP contribution in [0.3, 0.4) is 0 Å². The Hall–Kier alpha value is -3.72. The highest BCUT2D eigenvalue weighted by molar-refractivity contribution is 5.83. The molecule has 0 aliphatic carbocycles. The van der Waals surface area contributed by atoms with Gasteiger partial charge >= 0.3 is 0 Å². The number of hydrogen-bond donors (Lipinski definition) is 1. The highest BCUT2D eigenvalue weighted by Crippen LogP contribution is 2.38. The molecule has 4 rings (SSSR count). The molecule has 0 unspecified atom stereocenters. The van der Waals surface area contributed by atoms with Gasteiger partial charge in [0.15, 0.2) is 5.65 Å². The number of benzene rings is 2. The number of H-pyrrole nitrogens is 1. The molecular formula is C19H13N5O. The first kappa shape index (κ1) is 14.8. The van der Waals surface area contributed by atoms with E-state index in [1.165, 1.54) is 6.33 Å². The first-order valence-electron chi connectivity index (χ1n) is 7.64. The molecule has 120 valence electrons. The van der Waals surface area contributed by atoms with Crippen molar-refractivity contribution in [2.24, 2.45) is 0 Å². The van der Waals surface area contributed by atoms with Gasteiger partial charge < -0.3 is 9.72 Å². The summed E-state index contributed by atoms with van der Waals surface area (Å²) < 4.78 is 5.68. The standard InChI is InChI=1S/C19H13N5O/c1-25-17-14(13-5-2-4-12(8-13)9-20)6-3-7-15(17)18-23-16-10-21-11-22-19(16)24-18/h2-8,10-11H,1H3,(H,21,22,23,24). The molecule has 0 aliphatic rings. The highest BCUT2D eigenvalue weighted by atomic mass is 16.5. The normalized spacial score (nSPS) is 10.6. The molecule has 6 heteroatoms. The lowest BCUT2D eigenvalue weighted by atomic mass is 9.99. The van der Waals surface area contributed by atoms with E-state index in [0.717, 1.165) is 22.2 Å². The van der Waals surface area contributed by atoms with Gasteiger partial charge in [0.25, 0.3) is 0 Å². The fourth-order valence-corrected chi connectivity index (χ4v) is 2.82. The zero-order chi connectivity index (χ0) is 17.2. The van der Waals surface area contributed by atoms with Crippen molar-refractivity contribution in [3.8, 4) is 34.3 Å². The molecule has 0 bridgehead atoms. The quantitative estimate of drug-likeness (QED) is 0.621. The molecule has 0 radical (unpaired) electrons. The Balaban J connectivity index is 1.91. The molecule has 4 aromatic rings. The molecule has 2 heterocycles. The minimum absolute atomic E-state index is 0.601. The summed E-state index contributed by atoms with van der Waals surface area (Å²) in [6.45, 7) is 0. The Labute approximate surface area is 143 Å². The van der Waals surface area contributed by atoms with E-state index in [0.29, 0.717) is 22.8 Å². The van der Waals surface area contributed by atoms with Crippen LogP contribution in [0.25, 0.3) is 33.7 Å². The Kier molecular flexibility index (Phi) is 3.60. The Bertz CT molecular complexity index is 1080. The van der Waals surface area contributed by atoms with Gasteiger partial charge in [-0.2, -0.15) is 5.26 Å². The highest BCUT2D eigenvalue weighted by Gasteiger charge is 2.16. The van der Waals surface area contributed by atoms with E-state index in [4.69, 9.17) is 10.00 Å². The van der Waals surface area contributed by atoms with Crippen molar-refractivity contribution in [1.29, 1.82) is 5.26 Å². The van der Waals surface area contributed by atoms with Crippen molar-refractivity contribution in [3.05, 3.63) is 60.6 Å². The van der Waals surface area contributed by atoms with E-state index in [1.54, 1.807) is 19.4 Å². The van der Waals surface area contributed by atoms with Crippen LogP contribution in [0.1, 0.15) is 5.56 Å². The van der Waals surface area contributed by atoms with Crippen LogP contribution in [0.5, 0.6) is 5.75 Å². The summed E-state index contributed by atoms with van der Waals surface area (Å²) in [5, 5.41) is 9.14. The van der Waals surface area contributed by atoms with Gasteiger partial charge in [-0.1, -0.05) is 24.3 Å². The van der Waals surface area contributed by atoms with E-state index in [-0.39, 0.29) is 0 Å². The fraction of sp³-hybridized carbons (Fsp3) is 0.0526. The number of aromatic amines is 1. The molecule has 0 aliphatic heterocycles. The summed E-state index contributed by atoms with van der Waals surface area (Å²) in [6, 6.07) is 15.4. The van der Waals surface area contributed by atoms with Crippen LogP contribution in [0.2, 0.25) is 0 Å². The molecule has 6 nitrogen and oxygen atoms in total. The van der Waals surface area contributed by atoms with Gasteiger partial charge in [0.2, 0.25) is 0 Å². The van der Waals surface area contributed by atoms with Gasteiger partial charge in [-0.15, -0.1) is 0 Å². The third-order valence-corrected chi connectivity index (χ3v) is 3.94. The molecule has 25 heavy (non-hydrogen) atoms. The SMILES string of the molecule is COc1c(-c2cccc(C#N)c2)cccc1-c1nc2ncncc2[nH]1. The number of aromatic nitrogens is 4. The second kappa shape index (κ2) is 6.06. The van der Waals surface area contributed by atoms with Crippen LogP contribution >= 0.6 is 0 Å². The van der Waals surface area contributed by atoms with Crippen molar-refractivity contribution in [1.82, 2.24) is 19.9 Å². The van der Waals surface area contributed by atoms with Crippen molar-refractivity contribution < 1.29 is 4.74 Å². The van der Waals surface area contributed by atoms with Crippen LogP contribution in [0.4, 0.5) is 0 Å². The van der Waals surface area contributed by atoms with Crippen LogP contribution in [0, 0.1) is 11.3 Å². The second-order valence-electron chi connectivity index (χ2n) is 5.42. The minimum Gasteiger partial charge on any atom is -0.495 e. The fourth-order valence-electron chi connectivity index (χ4n) is 2.82. The summed E-state index contributed by atoms with van der Waals surface area (Å²) in [5.41, 5.74) is 4.59. The summed E-state index contributed by atoms with van der Waals surface area (Å²) in [7, 11) is 1.62. The number of ether oxygens (including phenoxy) is 1. The van der Waals surface area contributed by atoms with E-state index in [2.05, 4.69) is 26.0 Å². The zero-order valence-corrected chi connectivity index (χ0v) is 13.4. The first-order chi connectivity index (χ1) is 12.3. The van der Waals surface area contributed by atoms with E-state index >= 15 is 0 Å². The second-order valence-corrected chi connectivity index (χ2v) is 5.42. The van der Waals surface area contributed by atoms with Crippen LogP contribution in [-0.2, 0) is 0 Å². The number of rotatable bonds is 3. The number of fused-ring (bicyclic) bond motifs is 1. The topological polar surface area (TPSA) is 87.5 Å². The molecule has 0 saturated carbocycles. The van der Waals surface area contributed by atoms with Crippen LogP contribution in [-0.4, -0.2) is 27.0 Å². The monoisotopic (exact) mass is 327 g/mol. The van der Waals surface area contributed by atoms with Crippen molar-refractivity contribution in [2.75, 3.05) is 7.11 Å². The molecule has 1 N–H and O–H groups in total. The predicted octanol–water partition coefficient (Wildman–Crippen LogP) is 3.57. The van der Waals surface area contributed by atoms with Gasteiger partial charge in [0, 0.05) is 5.56 Å². The summed E-state index contributed by atoms with van der Waals surface area (Å²) in [4.78, 5) is 15.9. The molecule has 0 spiro atoms. The van der Waals surface area contributed by atoms with Gasteiger partial charge in [0.05, 0.1) is 30.5 Å². The molecule has 0 amide bonds. The van der Waals surface area contributed by atoms with E-state index in [1.807, 2.05) is 36.4 Å². The van der Waals surface area contributed by atoms with Crippen LogP contribution in [0.15, 0.2) is 55.0 Å².